The third kappa shape index (κ3) is 5.80. The van der Waals surface area contributed by atoms with Crippen LogP contribution in [0.5, 0.6) is 0 Å². The number of nitrogens with two attached hydrogens (primary N) is 1. The molecule has 8 heteroatoms. The number of hydrogen-bond acceptors (Lipinski definition) is 5. The number of nitrogens with one attached hydrogen (secondary N) is 2. The van der Waals surface area contributed by atoms with E-state index in [4.69, 9.17) is 15.2 Å². The van der Waals surface area contributed by atoms with E-state index in [0.717, 1.165) is 0 Å². The number of carbonyl (C=O) groups is 3. The maximum Gasteiger partial charge on any atom is 0.338 e. The van der Waals surface area contributed by atoms with Crippen LogP contribution in [0.25, 0.3) is 0 Å². The van der Waals surface area contributed by atoms with Crippen LogP contribution in [0.2, 0.25) is 0 Å². The summed E-state index contributed by atoms with van der Waals surface area (Å²) in [5.74, 6) is -1.10. The van der Waals surface area contributed by atoms with E-state index in [1.807, 2.05) is 0 Å². The van der Waals surface area contributed by atoms with Gasteiger partial charge < -0.3 is 25.8 Å². The molecule has 0 aliphatic carbocycles. The van der Waals surface area contributed by atoms with E-state index in [9.17, 15) is 14.4 Å². The van der Waals surface area contributed by atoms with E-state index < -0.39 is 24.0 Å². The minimum atomic E-state index is -0.947. The highest BCUT2D eigenvalue weighted by molar-refractivity contribution is 5.94. The quantitative estimate of drug-likeness (QED) is 0.500. The van der Waals surface area contributed by atoms with Crippen LogP contribution in [0.1, 0.15) is 17.3 Å². The molecule has 8 nitrogen and oxygen atoms in total. The van der Waals surface area contributed by atoms with E-state index in [1.165, 1.54) is 26.2 Å². The third-order valence-corrected chi connectivity index (χ3v) is 2.62. The van der Waals surface area contributed by atoms with Crippen LogP contribution in [-0.4, -0.2) is 44.3 Å². The van der Waals surface area contributed by atoms with Gasteiger partial charge in [0.2, 0.25) is 0 Å². The predicted molar refractivity (Wildman–Crippen MR) is 79.4 cm³/mol. The van der Waals surface area contributed by atoms with Gasteiger partial charge >= 0.3 is 12.0 Å². The maximum absolute atomic E-state index is 12.0. The van der Waals surface area contributed by atoms with Crippen molar-refractivity contribution in [2.24, 2.45) is 5.73 Å². The zero-order chi connectivity index (χ0) is 16.5. The van der Waals surface area contributed by atoms with Crippen molar-refractivity contribution in [2.45, 2.75) is 13.0 Å². The smallest absolute Gasteiger partial charge is 0.338 e. The Labute approximate surface area is 128 Å². The highest BCUT2D eigenvalue weighted by Crippen LogP contribution is 2.12. The molecule has 3 amide bonds. The number of esters is 1. The predicted octanol–water partition coefficient (Wildman–Crippen LogP) is 0.485. The minimum absolute atomic E-state index is 0.197. The van der Waals surface area contributed by atoms with Crippen molar-refractivity contribution >= 4 is 23.6 Å². The summed E-state index contributed by atoms with van der Waals surface area (Å²) in [4.78, 5) is 34.4. The molecule has 0 radical (unpaired) electrons. The summed E-state index contributed by atoms with van der Waals surface area (Å²) in [6.45, 7) is 2.16. The van der Waals surface area contributed by atoms with E-state index in [-0.39, 0.29) is 5.56 Å². The highest BCUT2D eigenvalue weighted by atomic mass is 16.5. The van der Waals surface area contributed by atoms with Gasteiger partial charge in [-0.1, -0.05) is 6.07 Å². The molecule has 22 heavy (non-hydrogen) atoms. The zero-order valence-electron chi connectivity index (χ0n) is 12.4. The normalized spacial score (nSPS) is 11.4. The molecule has 120 valence electrons. The molecular weight excluding hydrogens is 290 g/mol. The van der Waals surface area contributed by atoms with Gasteiger partial charge in [-0.15, -0.1) is 0 Å². The van der Waals surface area contributed by atoms with Gasteiger partial charge in [-0.3, -0.25) is 4.79 Å². The van der Waals surface area contributed by atoms with E-state index in [1.54, 1.807) is 12.1 Å². The molecule has 0 saturated heterocycles. The Morgan fingerprint density at radius 2 is 2.05 bits per heavy atom. The van der Waals surface area contributed by atoms with Crippen molar-refractivity contribution in [3.63, 3.8) is 0 Å². The molecular formula is C14H19N3O5. The number of amides is 3. The largest absolute Gasteiger partial charge is 0.449 e. The molecule has 0 spiro atoms. The van der Waals surface area contributed by atoms with Crippen LogP contribution >= 0.6 is 0 Å². The number of anilines is 1. The first-order valence-electron chi connectivity index (χ1n) is 6.58. The average molecular weight is 309 g/mol. The molecule has 0 aromatic heterocycles. The number of hydrogen-bond donors (Lipinski definition) is 3. The van der Waals surface area contributed by atoms with E-state index in [2.05, 4.69) is 10.6 Å². The van der Waals surface area contributed by atoms with E-state index >= 15 is 0 Å². The summed E-state index contributed by atoms with van der Waals surface area (Å²) >= 11 is 0. The van der Waals surface area contributed by atoms with Gasteiger partial charge in [-0.2, -0.15) is 0 Å². The number of carbonyl (C=O) groups excluding carboxylic acids is 3. The molecule has 0 saturated carbocycles. The van der Waals surface area contributed by atoms with Gasteiger partial charge in [0, 0.05) is 19.3 Å². The summed E-state index contributed by atoms with van der Waals surface area (Å²) in [5.41, 5.74) is 5.56. The topological polar surface area (TPSA) is 120 Å². The monoisotopic (exact) mass is 309 g/mol. The van der Waals surface area contributed by atoms with Crippen molar-refractivity contribution in [1.82, 2.24) is 5.32 Å². The maximum atomic E-state index is 12.0. The molecule has 0 unspecified atom stereocenters. The molecule has 0 aliphatic rings. The first-order valence-corrected chi connectivity index (χ1v) is 6.58. The molecule has 1 aromatic carbocycles. The molecule has 0 bridgehead atoms. The van der Waals surface area contributed by atoms with Crippen molar-refractivity contribution in [3.05, 3.63) is 29.8 Å². The molecule has 0 heterocycles. The average Bonchev–Trinajstić information content (AvgIpc) is 2.46. The fraction of sp³-hybridized carbons (Fsp3) is 0.357. The Hall–Kier alpha value is -2.61. The standard InChI is InChI=1S/C14H19N3O5/c1-9(12(18)16-6-7-21-2)22-13(19)10-4-3-5-11(8-10)17-14(15)20/h3-5,8-9H,6-7H2,1-2H3,(H,16,18)(H3,15,17,20)/t9-/m1/s1. The van der Waals surface area contributed by atoms with Crippen molar-refractivity contribution in [3.8, 4) is 0 Å². The fourth-order valence-electron chi connectivity index (χ4n) is 1.57. The number of primary amides is 1. The van der Waals surface area contributed by atoms with Crippen LogP contribution in [0.4, 0.5) is 10.5 Å². The van der Waals surface area contributed by atoms with Crippen LogP contribution in [0.3, 0.4) is 0 Å². The third-order valence-electron chi connectivity index (χ3n) is 2.62. The number of methoxy groups -OCH3 is 1. The summed E-state index contributed by atoms with van der Waals surface area (Å²) in [5, 5.41) is 4.91. The lowest BCUT2D eigenvalue weighted by Crippen LogP contribution is -2.37. The van der Waals surface area contributed by atoms with Crippen LogP contribution in [-0.2, 0) is 14.3 Å². The number of urea groups is 1. The Morgan fingerprint density at radius 1 is 1.32 bits per heavy atom. The molecule has 0 aliphatic heterocycles. The van der Waals surface area contributed by atoms with Crippen LogP contribution in [0, 0.1) is 0 Å². The SMILES string of the molecule is COCCNC(=O)[C@@H](C)OC(=O)c1cccc(NC(N)=O)c1. The molecule has 0 fully saturated rings. The van der Waals surface area contributed by atoms with Gasteiger partial charge in [0.25, 0.3) is 5.91 Å². The van der Waals surface area contributed by atoms with Gasteiger partial charge in [0.15, 0.2) is 6.10 Å². The molecule has 1 rings (SSSR count). The summed E-state index contributed by atoms with van der Waals surface area (Å²) < 4.78 is 9.85. The minimum Gasteiger partial charge on any atom is -0.449 e. The Bertz CT molecular complexity index is 547. The Morgan fingerprint density at radius 3 is 2.68 bits per heavy atom. The zero-order valence-corrected chi connectivity index (χ0v) is 12.4. The summed E-state index contributed by atoms with van der Waals surface area (Å²) in [6, 6.07) is 5.30. The van der Waals surface area contributed by atoms with Crippen LogP contribution in [0.15, 0.2) is 24.3 Å². The Balaban J connectivity index is 2.60. The lowest BCUT2D eigenvalue weighted by atomic mass is 10.2. The number of benzene rings is 1. The van der Waals surface area contributed by atoms with Gasteiger partial charge in [-0.05, 0) is 25.1 Å². The fourth-order valence-corrected chi connectivity index (χ4v) is 1.57. The van der Waals surface area contributed by atoms with Crippen LogP contribution < -0.4 is 16.4 Å². The van der Waals surface area contributed by atoms with Gasteiger partial charge in [-0.25, -0.2) is 9.59 Å². The van der Waals surface area contributed by atoms with Crippen molar-refractivity contribution in [2.75, 3.05) is 25.6 Å². The second kappa shape index (κ2) is 8.63. The summed E-state index contributed by atoms with van der Waals surface area (Å²) in [7, 11) is 1.52. The Kier molecular flexibility index (Phi) is 6.84. The van der Waals surface area contributed by atoms with E-state index in [0.29, 0.717) is 18.8 Å². The lowest BCUT2D eigenvalue weighted by molar-refractivity contribution is -0.129. The number of rotatable bonds is 7. The molecule has 1 aromatic rings. The second-order valence-electron chi connectivity index (χ2n) is 4.40. The first kappa shape index (κ1) is 17.4. The van der Waals surface area contributed by atoms with Gasteiger partial charge in [0.1, 0.15) is 0 Å². The summed E-state index contributed by atoms with van der Waals surface area (Å²) in [6.07, 6.45) is -0.947. The van der Waals surface area contributed by atoms with Gasteiger partial charge in [0.05, 0.1) is 12.2 Å². The second-order valence-corrected chi connectivity index (χ2v) is 4.40. The molecule has 4 N–H and O–H groups in total. The molecule has 1 atom stereocenters. The first-order chi connectivity index (χ1) is 10.4. The van der Waals surface area contributed by atoms with Crippen molar-refractivity contribution in [1.29, 1.82) is 0 Å². The number of ether oxygens (including phenoxy) is 2. The lowest BCUT2D eigenvalue weighted by Gasteiger charge is -2.13. The highest BCUT2D eigenvalue weighted by Gasteiger charge is 2.18. The van der Waals surface area contributed by atoms with Crippen molar-refractivity contribution < 1.29 is 23.9 Å².